The van der Waals surface area contributed by atoms with E-state index in [1.54, 1.807) is 20.8 Å². The fraction of sp³-hybridized carbons (Fsp3) is 0.750. The molecule has 0 bridgehead atoms. The van der Waals surface area contributed by atoms with Crippen molar-refractivity contribution >= 4 is 17.9 Å². The minimum atomic E-state index is -1.05. The highest BCUT2D eigenvalue weighted by Crippen LogP contribution is 2.06. The summed E-state index contributed by atoms with van der Waals surface area (Å²) < 4.78 is 0. The van der Waals surface area contributed by atoms with Crippen LogP contribution in [-0.2, 0) is 9.59 Å². The summed E-state index contributed by atoms with van der Waals surface area (Å²) in [6.07, 6.45) is 0.316. The summed E-state index contributed by atoms with van der Waals surface area (Å²) in [6, 6.07) is -1.33. The molecule has 0 rings (SSSR count). The molecular weight excluding hydrogens is 250 g/mol. The molecule has 0 saturated carbocycles. The number of hydrogen-bond acceptors (Lipinski definition) is 3. The Bertz CT molecular complexity index is 333. The SMILES string of the molecule is CCNC(=O)CN(CC)C(=O)N(C)C(CC)C(=O)O. The third kappa shape index (κ3) is 5.15. The second-order valence-electron chi connectivity index (χ2n) is 4.12. The molecule has 1 unspecified atom stereocenters. The lowest BCUT2D eigenvalue weighted by Gasteiger charge is -2.30. The number of nitrogens with one attached hydrogen (secondary N) is 1. The highest BCUT2D eigenvalue weighted by Gasteiger charge is 2.28. The Labute approximate surface area is 113 Å². The van der Waals surface area contributed by atoms with Gasteiger partial charge in [0, 0.05) is 20.1 Å². The van der Waals surface area contributed by atoms with E-state index in [1.165, 1.54) is 11.9 Å². The van der Waals surface area contributed by atoms with Gasteiger partial charge in [-0.25, -0.2) is 9.59 Å². The number of likely N-dealkylation sites (N-methyl/N-ethyl adjacent to an activating group) is 3. The Hall–Kier alpha value is -1.79. The van der Waals surface area contributed by atoms with Crippen molar-refractivity contribution in [1.82, 2.24) is 15.1 Å². The fourth-order valence-corrected chi connectivity index (χ4v) is 1.71. The molecule has 1 atom stereocenters. The van der Waals surface area contributed by atoms with Crippen LogP contribution >= 0.6 is 0 Å². The Balaban J connectivity index is 4.73. The predicted molar refractivity (Wildman–Crippen MR) is 70.8 cm³/mol. The van der Waals surface area contributed by atoms with E-state index in [4.69, 9.17) is 5.11 Å². The molecule has 3 amide bonds. The van der Waals surface area contributed by atoms with Crippen molar-refractivity contribution < 1.29 is 19.5 Å². The van der Waals surface area contributed by atoms with E-state index in [0.29, 0.717) is 19.5 Å². The van der Waals surface area contributed by atoms with Crippen molar-refractivity contribution in [3.63, 3.8) is 0 Å². The molecule has 0 aromatic carbocycles. The first kappa shape index (κ1) is 17.2. The average Bonchev–Trinajstić information content (AvgIpc) is 2.35. The summed E-state index contributed by atoms with van der Waals surface area (Å²) in [7, 11) is 1.44. The van der Waals surface area contributed by atoms with Gasteiger partial charge in [-0.2, -0.15) is 0 Å². The van der Waals surface area contributed by atoms with Gasteiger partial charge in [0.2, 0.25) is 5.91 Å². The molecule has 0 aromatic heterocycles. The number of carbonyl (C=O) groups is 3. The maximum absolute atomic E-state index is 12.1. The molecule has 19 heavy (non-hydrogen) atoms. The summed E-state index contributed by atoms with van der Waals surface area (Å²) in [5.41, 5.74) is 0. The smallest absolute Gasteiger partial charge is 0.326 e. The van der Waals surface area contributed by atoms with Crippen LogP contribution in [0.4, 0.5) is 4.79 Å². The average molecular weight is 273 g/mol. The monoisotopic (exact) mass is 273 g/mol. The van der Waals surface area contributed by atoms with Crippen molar-refractivity contribution in [2.24, 2.45) is 0 Å². The summed E-state index contributed by atoms with van der Waals surface area (Å²) in [6.45, 7) is 6.00. The number of aliphatic carboxylic acids is 1. The van der Waals surface area contributed by atoms with E-state index in [-0.39, 0.29) is 12.5 Å². The molecule has 0 aliphatic carbocycles. The summed E-state index contributed by atoms with van der Waals surface area (Å²) in [5, 5.41) is 11.6. The molecule has 0 aromatic rings. The van der Waals surface area contributed by atoms with E-state index >= 15 is 0 Å². The summed E-state index contributed by atoms with van der Waals surface area (Å²) in [4.78, 5) is 37.1. The minimum Gasteiger partial charge on any atom is -0.480 e. The molecule has 0 fully saturated rings. The minimum absolute atomic E-state index is 0.0659. The van der Waals surface area contributed by atoms with Gasteiger partial charge in [-0.3, -0.25) is 4.79 Å². The van der Waals surface area contributed by atoms with Gasteiger partial charge < -0.3 is 20.2 Å². The zero-order valence-corrected chi connectivity index (χ0v) is 12.0. The number of amides is 3. The molecule has 7 heteroatoms. The van der Waals surface area contributed by atoms with Crippen molar-refractivity contribution in [1.29, 1.82) is 0 Å². The second kappa shape index (κ2) is 8.34. The van der Waals surface area contributed by atoms with Crippen LogP contribution in [0.5, 0.6) is 0 Å². The van der Waals surface area contributed by atoms with Gasteiger partial charge in [-0.15, -0.1) is 0 Å². The first-order valence-corrected chi connectivity index (χ1v) is 6.40. The van der Waals surface area contributed by atoms with Gasteiger partial charge in [0.25, 0.3) is 0 Å². The molecule has 7 nitrogen and oxygen atoms in total. The number of rotatable bonds is 7. The van der Waals surface area contributed by atoms with Gasteiger partial charge in [-0.05, 0) is 20.3 Å². The fourth-order valence-electron chi connectivity index (χ4n) is 1.71. The normalized spacial score (nSPS) is 11.6. The number of carbonyl (C=O) groups excluding carboxylic acids is 2. The van der Waals surface area contributed by atoms with Crippen LogP contribution < -0.4 is 5.32 Å². The van der Waals surface area contributed by atoms with Crippen LogP contribution in [0.25, 0.3) is 0 Å². The number of nitrogens with zero attached hydrogens (tertiary/aromatic N) is 2. The van der Waals surface area contributed by atoms with Gasteiger partial charge in [0.1, 0.15) is 12.6 Å². The highest BCUT2D eigenvalue weighted by atomic mass is 16.4. The standard InChI is InChI=1S/C12H23N3O4/c1-5-9(11(17)18)14(4)12(19)15(7-3)8-10(16)13-6-2/h9H,5-8H2,1-4H3,(H,13,16)(H,17,18). The Morgan fingerprint density at radius 2 is 1.79 bits per heavy atom. The second-order valence-corrected chi connectivity index (χ2v) is 4.12. The number of carboxylic acid groups (broad SMARTS) is 1. The lowest BCUT2D eigenvalue weighted by atomic mass is 10.2. The van der Waals surface area contributed by atoms with Crippen LogP contribution in [0.1, 0.15) is 27.2 Å². The van der Waals surface area contributed by atoms with Crippen molar-refractivity contribution in [3.8, 4) is 0 Å². The third-order valence-electron chi connectivity index (χ3n) is 2.80. The van der Waals surface area contributed by atoms with Gasteiger partial charge in [-0.1, -0.05) is 6.92 Å². The van der Waals surface area contributed by atoms with Crippen molar-refractivity contribution in [2.45, 2.75) is 33.2 Å². The predicted octanol–water partition coefficient (Wildman–Crippen LogP) is 0.359. The molecule has 2 N–H and O–H groups in total. The van der Waals surface area contributed by atoms with Crippen molar-refractivity contribution in [2.75, 3.05) is 26.7 Å². The number of hydrogen-bond donors (Lipinski definition) is 2. The van der Waals surface area contributed by atoms with Gasteiger partial charge in [0.05, 0.1) is 0 Å². The maximum Gasteiger partial charge on any atom is 0.326 e. The molecule has 0 heterocycles. The van der Waals surface area contributed by atoms with Crippen LogP contribution in [0, 0.1) is 0 Å². The number of urea groups is 1. The molecule has 0 radical (unpaired) electrons. The first-order valence-electron chi connectivity index (χ1n) is 6.40. The Kier molecular flexibility index (Phi) is 7.55. The molecule has 0 aliphatic rings. The van der Waals surface area contributed by atoms with Gasteiger partial charge in [0.15, 0.2) is 0 Å². The van der Waals surface area contributed by atoms with E-state index in [0.717, 1.165) is 4.90 Å². The van der Waals surface area contributed by atoms with Crippen LogP contribution in [0.2, 0.25) is 0 Å². The molecular formula is C12H23N3O4. The van der Waals surface area contributed by atoms with Gasteiger partial charge >= 0.3 is 12.0 Å². The quantitative estimate of drug-likeness (QED) is 0.700. The summed E-state index contributed by atoms with van der Waals surface area (Å²) >= 11 is 0. The zero-order chi connectivity index (χ0) is 15.0. The zero-order valence-electron chi connectivity index (χ0n) is 12.0. The third-order valence-corrected chi connectivity index (χ3v) is 2.80. The summed E-state index contributed by atoms with van der Waals surface area (Å²) in [5.74, 6) is -1.30. The van der Waals surface area contributed by atoms with Crippen LogP contribution in [0.3, 0.4) is 0 Å². The van der Waals surface area contributed by atoms with E-state index < -0.39 is 18.0 Å². The Morgan fingerprint density at radius 3 is 2.16 bits per heavy atom. The lowest BCUT2D eigenvalue weighted by Crippen LogP contribution is -2.51. The highest BCUT2D eigenvalue weighted by molar-refractivity contribution is 5.86. The topological polar surface area (TPSA) is 90.0 Å². The van der Waals surface area contributed by atoms with E-state index in [1.807, 2.05) is 0 Å². The van der Waals surface area contributed by atoms with Crippen LogP contribution in [0.15, 0.2) is 0 Å². The van der Waals surface area contributed by atoms with E-state index in [2.05, 4.69) is 5.32 Å². The lowest BCUT2D eigenvalue weighted by molar-refractivity contribution is -0.142. The van der Waals surface area contributed by atoms with Crippen molar-refractivity contribution in [3.05, 3.63) is 0 Å². The molecule has 0 spiro atoms. The Morgan fingerprint density at radius 1 is 1.21 bits per heavy atom. The first-order chi connectivity index (χ1) is 8.88. The molecule has 110 valence electrons. The number of carboxylic acids is 1. The van der Waals surface area contributed by atoms with Crippen LogP contribution in [-0.4, -0.2) is 65.5 Å². The maximum atomic E-state index is 12.1. The molecule has 0 aliphatic heterocycles. The largest absolute Gasteiger partial charge is 0.480 e. The van der Waals surface area contributed by atoms with E-state index in [9.17, 15) is 14.4 Å². The molecule has 0 saturated heterocycles.